The number of hydrogen-bond donors (Lipinski definition) is 1. The quantitative estimate of drug-likeness (QED) is 0.858. The van der Waals surface area contributed by atoms with Crippen LogP contribution >= 0.6 is 0 Å². The van der Waals surface area contributed by atoms with Crippen molar-refractivity contribution in [2.45, 2.75) is 43.0 Å². The molecule has 1 atom stereocenters. The van der Waals surface area contributed by atoms with Gasteiger partial charge in [-0.05, 0) is 62.9 Å². The Balaban J connectivity index is 1.77. The molecule has 0 aliphatic carbocycles. The molecule has 1 aromatic rings. The molecule has 1 N–H and O–H groups in total. The Labute approximate surface area is 152 Å². The van der Waals surface area contributed by atoms with Crippen LogP contribution in [0, 0.1) is 17.6 Å². The molecular formula is C18H24F2N2O3S. The number of hydrogen-bond acceptors (Lipinski definition) is 4. The second kappa shape index (κ2) is 7.60. The fourth-order valence-electron chi connectivity index (χ4n) is 3.92. The molecule has 0 bridgehead atoms. The normalized spacial score (nSPS) is 22.7. The predicted molar refractivity (Wildman–Crippen MR) is 93.5 cm³/mol. The molecule has 1 amide bonds. The fraction of sp³-hybridized carbons (Fsp3) is 0.611. The number of nitrogens with zero attached hydrogens (tertiary/aromatic N) is 1. The first-order chi connectivity index (χ1) is 12.3. The summed E-state index contributed by atoms with van der Waals surface area (Å²) in [7, 11) is -3.84. The Kier molecular flexibility index (Phi) is 5.62. The summed E-state index contributed by atoms with van der Waals surface area (Å²) < 4.78 is 51.4. The summed E-state index contributed by atoms with van der Waals surface area (Å²) >= 11 is 0. The summed E-state index contributed by atoms with van der Waals surface area (Å²) in [6.07, 6.45) is 4.22. The van der Waals surface area contributed by atoms with Crippen LogP contribution < -0.4 is 5.32 Å². The maximum absolute atomic E-state index is 14.3. The zero-order chi connectivity index (χ0) is 18.9. The number of rotatable bonds is 4. The lowest BCUT2D eigenvalue weighted by Crippen LogP contribution is -2.51. The minimum atomic E-state index is -3.84. The van der Waals surface area contributed by atoms with E-state index in [0.29, 0.717) is 13.0 Å². The highest BCUT2D eigenvalue weighted by Crippen LogP contribution is 2.28. The van der Waals surface area contributed by atoms with Gasteiger partial charge in [-0.1, -0.05) is 0 Å². The predicted octanol–water partition coefficient (Wildman–Crippen LogP) is 1.90. The second-order valence-corrected chi connectivity index (χ2v) is 9.19. The number of amides is 1. The van der Waals surface area contributed by atoms with Crippen molar-refractivity contribution in [2.24, 2.45) is 5.92 Å². The van der Waals surface area contributed by atoms with Gasteiger partial charge in [-0.15, -0.1) is 0 Å². The third kappa shape index (κ3) is 4.06. The summed E-state index contributed by atoms with van der Waals surface area (Å²) in [5.74, 6) is -2.15. The van der Waals surface area contributed by atoms with Crippen LogP contribution in [0.3, 0.4) is 0 Å². The van der Waals surface area contributed by atoms with E-state index in [1.165, 1.54) is 0 Å². The molecular weight excluding hydrogens is 362 g/mol. The monoisotopic (exact) mass is 386 g/mol. The molecule has 0 aromatic heterocycles. The molecule has 0 spiro atoms. The first-order valence-electron chi connectivity index (χ1n) is 8.96. The number of carbonyl (C=O) groups is 1. The molecule has 2 aliphatic heterocycles. The van der Waals surface area contributed by atoms with Gasteiger partial charge in [0, 0.05) is 24.8 Å². The van der Waals surface area contributed by atoms with Crippen LogP contribution in [0.15, 0.2) is 17.0 Å². The third-order valence-electron chi connectivity index (χ3n) is 5.30. The average molecular weight is 386 g/mol. The Morgan fingerprint density at radius 3 is 2.50 bits per heavy atom. The van der Waals surface area contributed by atoms with Gasteiger partial charge in [0.15, 0.2) is 9.84 Å². The van der Waals surface area contributed by atoms with Crippen LogP contribution in [0.5, 0.6) is 0 Å². The van der Waals surface area contributed by atoms with Gasteiger partial charge in [0.1, 0.15) is 16.5 Å². The van der Waals surface area contributed by atoms with E-state index in [2.05, 4.69) is 5.32 Å². The molecule has 0 radical (unpaired) electrons. The molecule has 2 heterocycles. The zero-order valence-electron chi connectivity index (χ0n) is 14.8. The molecule has 26 heavy (non-hydrogen) atoms. The van der Waals surface area contributed by atoms with Crippen LogP contribution in [0.4, 0.5) is 8.78 Å². The number of carbonyl (C=O) groups excluding carboxylic acids is 1. The van der Waals surface area contributed by atoms with E-state index in [4.69, 9.17) is 0 Å². The van der Waals surface area contributed by atoms with Crippen molar-refractivity contribution in [1.82, 2.24) is 10.2 Å². The number of halogens is 2. The molecule has 1 aromatic carbocycles. The van der Waals surface area contributed by atoms with Crippen LogP contribution in [0.2, 0.25) is 0 Å². The summed E-state index contributed by atoms with van der Waals surface area (Å²) in [4.78, 5) is 14.1. The van der Waals surface area contributed by atoms with E-state index in [0.717, 1.165) is 50.7 Å². The van der Waals surface area contributed by atoms with Crippen molar-refractivity contribution in [2.75, 3.05) is 25.9 Å². The first-order valence-corrected chi connectivity index (χ1v) is 10.9. The van der Waals surface area contributed by atoms with Crippen molar-refractivity contribution in [3.8, 4) is 0 Å². The Morgan fingerprint density at radius 1 is 1.15 bits per heavy atom. The molecule has 2 aliphatic rings. The largest absolute Gasteiger partial charge is 0.339 e. The SMILES string of the molecule is CS(=O)(=O)c1cc(F)c(C[C@H]2CCCN(C3CCNCC3)C2=O)cc1F. The molecule has 2 saturated heterocycles. The van der Waals surface area contributed by atoms with Gasteiger partial charge in [0.25, 0.3) is 0 Å². The lowest BCUT2D eigenvalue weighted by Gasteiger charge is -2.40. The molecule has 5 nitrogen and oxygen atoms in total. The molecule has 2 fully saturated rings. The second-order valence-electron chi connectivity index (χ2n) is 7.20. The summed E-state index contributed by atoms with van der Waals surface area (Å²) in [6, 6.07) is 1.85. The lowest BCUT2D eigenvalue weighted by atomic mass is 9.88. The summed E-state index contributed by atoms with van der Waals surface area (Å²) in [6.45, 7) is 2.47. The number of piperidine rings is 2. The van der Waals surface area contributed by atoms with Crippen LogP contribution in [-0.2, 0) is 21.1 Å². The van der Waals surface area contributed by atoms with E-state index in [1.54, 1.807) is 0 Å². The molecule has 3 rings (SSSR count). The number of sulfone groups is 1. The highest BCUT2D eigenvalue weighted by Gasteiger charge is 2.34. The maximum Gasteiger partial charge on any atom is 0.226 e. The van der Waals surface area contributed by atoms with Gasteiger partial charge >= 0.3 is 0 Å². The van der Waals surface area contributed by atoms with Crippen molar-refractivity contribution in [3.63, 3.8) is 0 Å². The number of benzene rings is 1. The van der Waals surface area contributed by atoms with Gasteiger partial charge in [-0.3, -0.25) is 4.79 Å². The smallest absolute Gasteiger partial charge is 0.226 e. The first kappa shape index (κ1) is 19.2. The zero-order valence-corrected chi connectivity index (χ0v) is 15.6. The average Bonchev–Trinajstić information content (AvgIpc) is 2.59. The van der Waals surface area contributed by atoms with Gasteiger partial charge < -0.3 is 10.2 Å². The Morgan fingerprint density at radius 2 is 1.85 bits per heavy atom. The number of likely N-dealkylation sites (tertiary alicyclic amines) is 1. The third-order valence-corrected chi connectivity index (χ3v) is 6.41. The maximum atomic E-state index is 14.3. The van der Waals surface area contributed by atoms with E-state index in [-0.39, 0.29) is 23.9 Å². The minimum absolute atomic E-state index is 0.00449. The van der Waals surface area contributed by atoms with E-state index >= 15 is 0 Å². The van der Waals surface area contributed by atoms with E-state index < -0.39 is 32.3 Å². The summed E-state index contributed by atoms with van der Waals surface area (Å²) in [5, 5.41) is 3.27. The van der Waals surface area contributed by atoms with Crippen molar-refractivity contribution < 1.29 is 22.0 Å². The fourth-order valence-corrected chi connectivity index (χ4v) is 4.65. The molecule has 8 heteroatoms. The summed E-state index contributed by atoms with van der Waals surface area (Å²) in [5.41, 5.74) is 0.0559. The van der Waals surface area contributed by atoms with Gasteiger partial charge in [0.05, 0.1) is 0 Å². The molecule has 0 saturated carbocycles. The van der Waals surface area contributed by atoms with E-state index in [9.17, 15) is 22.0 Å². The minimum Gasteiger partial charge on any atom is -0.339 e. The van der Waals surface area contributed by atoms with Gasteiger partial charge in [0.2, 0.25) is 5.91 Å². The van der Waals surface area contributed by atoms with Crippen LogP contribution in [0.1, 0.15) is 31.2 Å². The number of nitrogens with one attached hydrogen (secondary N) is 1. The van der Waals surface area contributed by atoms with Crippen molar-refractivity contribution >= 4 is 15.7 Å². The van der Waals surface area contributed by atoms with Crippen molar-refractivity contribution in [1.29, 1.82) is 0 Å². The molecule has 0 unspecified atom stereocenters. The Bertz CT molecular complexity index is 792. The van der Waals surface area contributed by atoms with Gasteiger partial charge in [-0.2, -0.15) is 0 Å². The highest BCUT2D eigenvalue weighted by molar-refractivity contribution is 7.90. The topological polar surface area (TPSA) is 66.5 Å². The van der Waals surface area contributed by atoms with Gasteiger partial charge in [-0.25, -0.2) is 17.2 Å². The van der Waals surface area contributed by atoms with E-state index in [1.807, 2.05) is 4.90 Å². The van der Waals surface area contributed by atoms with Crippen LogP contribution in [0.25, 0.3) is 0 Å². The van der Waals surface area contributed by atoms with Crippen LogP contribution in [-0.4, -0.2) is 51.2 Å². The van der Waals surface area contributed by atoms with Crippen molar-refractivity contribution in [3.05, 3.63) is 29.3 Å². The highest BCUT2D eigenvalue weighted by atomic mass is 32.2. The standard InChI is InChI=1S/C18H24F2N2O3S/c1-26(24,25)17-11-15(19)13(10-16(17)20)9-12-3-2-8-22(18(12)23)14-4-6-21-7-5-14/h10-12,14,21H,2-9H2,1H3/t12-/m1/s1. The lowest BCUT2D eigenvalue weighted by molar-refractivity contribution is -0.141. The Hall–Kier alpha value is -1.54. The molecule has 144 valence electrons.